The second-order valence-corrected chi connectivity index (χ2v) is 7.45. The van der Waals surface area contributed by atoms with Gasteiger partial charge in [-0.2, -0.15) is 11.8 Å². The summed E-state index contributed by atoms with van der Waals surface area (Å²) >= 11 is 1.80. The van der Waals surface area contributed by atoms with Crippen LogP contribution in [0.25, 0.3) is 0 Å². The molecule has 0 aliphatic carbocycles. The summed E-state index contributed by atoms with van der Waals surface area (Å²) in [5.41, 5.74) is 0.604. The molecule has 1 atom stereocenters. The normalized spacial score (nSPS) is 13.3. The zero-order chi connectivity index (χ0) is 15.0. The van der Waals surface area contributed by atoms with E-state index < -0.39 is 16.1 Å². The minimum atomic E-state index is -3.48. The lowest BCUT2D eigenvalue weighted by atomic mass is 10.1. The Morgan fingerprint density at radius 1 is 1.30 bits per heavy atom. The fourth-order valence-electron chi connectivity index (χ4n) is 1.78. The molecule has 0 amide bonds. The van der Waals surface area contributed by atoms with E-state index in [0.717, 1.165) is 25.0 Å². The number of thioether (sulfide) groups is 1. The Hall–Kier alpha value is -0.560. The molecule has 0 bridgehead atoms. The highest BCUT2D eigenvalue weighted by molar-refractivity contribution is 7.98. The monoisotopic (exact) mass is 317 g/mol. The number of hydrogen-bond donors (Lipinski definition) is 2. The summed E-state index contributed by atoms with van der Waals surface area (Å²) in [6.45, 7) is 2.07. The summed E-state index contributed by atoms with van der Waals surface area (Å²) in [4.78, 5) is 0.208. The van der Waals surface area contributed by atoms with E-state index in [4.69, 9.17) is 0 Å². The number of aliphatic hydroxyl groups excluding tert-OH is 1. The van der Waals surface area contributed by atoms with Gasteiger partial charge in [0.15, 0.2) is 0 Å². The molecule has 4 nitrogen and oxygen atoms in total. The van der Waals surface area contributed by atoms with Crippen LogP contribution in [0.2, 0.25) is 0 Å². The molecule has 0 fully saturated rings. The molecule has 0 heterocycles. The topological polar surface area (TPSA) is 66.4 Å². The predicted octanol–water partition coefficient (Wildman–Crippen LogP) is 2.55. The smallest absolute Gasteiger partial charge is 0.240 e. The van der Waals surface area contributed by atoms with Gasteiger partial charge in [0, 0.05) is 6.54 Å². The Kier molecular flexibility index (Phi) is 7.58. The molecule has 6 heteroatoms. The van der Waals surface area contributed by atoms with Crippen molar-refractivity contribution in [3.05, 3.63) is 29.8 Å². The van der Waals surface area contributed by atoms with E-state index >= 15 is 0 Å². The number of unbranched alkanes of at least 4 members (excludes halogenated alkanes) is 2. The first-order chi connectivity index (χ1) is 9.47. The number of hydrogen-bond acceptors (Lipinski definition) is 4. The molecule has 0 spiro atoms. The zero-order valence-corrected chi connectivity index (χ0v) is 13.6. The van der Waals surface area contributed by atoms with Gasteiger partial charge in [-0.1, -0.05) is 18.6 Å². The average Bonchev–Trinajstić information content (AvgIpc) is 2.43. The van der Waals surface area contributed by atoms with Crippen LogP contribution in [0.5, 0.6) is 0 Å². The van der Waals surface area contributed by atoms with Crippen molar-refractivity contribution in [1.82, 2.24) is 4.72 Å². The van der Waals surface area contributed by atoms with Crippen molar-refractivity contribution in [3.63, 3.8) is 0 Å². The van der Waals surface area contributed by atoms with E-state index in [1.165, 1.54) is 6.07 Å². The van der Waals surface area contributed by atoms with Crippen LogP contribution in [0.3, 0.4) is 0 Å². The Morgan fingerprint density at radius 2 is 2.05 bits per heavy atom. The van der Waals surface area contributed by atoms with Crippen molar-refractivity contribution in [2.24, 2.45) is 0 Å². The Balaban J connectivity index is 2.54. The van der Waals surface area contributed by atoms with E-state index in [1.54, 1.807) is 36.9 Å². The van der Waals surface area contributed by atoms with Gasteiger partial charge >= 0.3 is 0 Å². The highest BCUT2D eigenvalue weighted by Gasteiger charge is 2.14. The molecule has 0 saturated carbocycles. The van der Waals surface area contributed by atoms with Crippen molar-refractivity contribution in [2.45, 2.75) is 37.2 Å². The molecule has 1 aromatic carbocycles. The van der Waals surface area contributed by atoms with Crippen LogP contribution in [-0.4, -0.2) is 32.1 Å². The zero-order valence-electron chi connectivity index (χ0n) is 12.0. The van der Waals surface area contributed by atoms with Crippen molar-refractivity contribution < 1.29 is 13.5 Å². The second kappa shape index (κ2) is 8.67. The third kappa shape index (κ3) is 5.83. The van der Waals surface area contributed by atoms with Crippen LogP contribution in [0.1, 0.15) is 37.9 Å². The maximum atomic E-state index is 12.1. The minimum Gasteiger partial charge on any atom is -0.389 e. The fourth-order valence-corrected chi connectivity index (χ4v) is 3.40. The van der Waals surface area contributed by atoms with Crippen molar-refractivity contribution in [3.8, 4) is 0 Å². The van der Waals surface area contributed by atoms with Gasteiger partial charge in [-0.25, -0.2) is 13.1 Å². The molecule has 1 rings (SSSR count). The van der Waals surface area contributed by atoms with E-state index in [-0.39, 0.29) is 4.90 Å². The van der Waals surface area contributed by atoms with Crippen molar-refractivity contribution >= 4 is 21.8 Å². The van der Waals surface area contributed by atoms with Gasteiger partial charge < -0.3 is 5.11 Å². The van der Waals surface area contributed by atoms with Crippen LogP contribution in [0.15, 0.2) is 29.2 Å². The van der Waals surface area contributed by atoms with Crippen molar-refractivity contribution in [2.75, 3.05) is 18.6 Å². The second-order valence-electron chi connectivity index (χ2n) is 4.70. The van der Waals surface area contributed by atoms with Crippen LogP contribution in [-0.2, 0) is 10.0 Å². The van der Waals surface area contributed by atoms with E-state index in [9.17, 15) is 13.5 Å². The predicted molar refractivity (Wildman–Crippen MR) is 84.5 cm³/mol. The molecule has 0 aliphatic heterocycles. The number of rotatable bonds is 9. The molecular formula is C14H23NO3S2. The first-order valence-electron chi connectivity index (χ1n) is 6.74. The summed E-state index contributed by atoms with van der Waals surface area (Å²) in [6, 6.07) is 6.42. The first-order valence-corrected chi connectivity index (χ1v) is 9.61. The maximum Gasteiger partial charge on any atom is 0.240 e. The number of aliphatic hydroxyl groups is 1. The molecule has 20 heavy (non-hydrogen) atoms. The lowest BCUT2D eigenvalue weighted by Crippen LogP contribution is -2.25. The Bertz CT molecular complexity index is 501. The minimum absolute atomic E-state index is 0.208. The molecule has 114 valence electrons. The van der Waals surface area contributed by atoms with Gasteiger partial charge in [0.25, 0.3) is 0 Å². The molecule has 2 N–H and O–H groups in total. The molecule has 1 unspecified atom stereocenters. The van der Waals surface area contributed by atoms with Gasteiger partial charge in [-0.05, 0) is 49.5 Å². The Morgan fingerprint density at radius 3 is 2.70 bits per heavy atom. The van der Waals surface area contributed by atoms with Crippen LogP contribution >= 0.6 is 11.8 Å². The summed E-state index contributed by atoms with van der Waals surface area (Å²) in [5, 5.41) is 9.49. The molecule has 0 radical (unpaired) electrons. The van der Waals surface area contributed by atoms with Crippen LogP contribution in [0, 0.1) is 0 Å². The molecule has 0 aromatic heterocycles. The summed E-state index contributed by atoms with van der Waals surface area (Å²) in [7, 11) is -3.48. The molecule has 0 saturated heterocycles. The highest BCUT2D eigenvalue weighted by Crippen LogP contribution is 2.17. The number of nitrogens with one attached hydrogen (secondary N) is 1. The highest BCUT2D eigenvalue weighted by atomic mass is 32.2. The molecular weight excluding hydrogens is 294 g/mol. The van der Waals surface area contributed by atoms with E-state index in [2.05, 4.69) is 11.0 Å². The Labute approximate surface area is 126 Å². The molecule has 0 aliphatic rings. The standard InChI is InChI=1S/C14H23NO3S2/c1-12(16)13-7-6-8-14(11-13)20(17,18)15-9-4-3-5-10-19-2/h6-8,11-12,15-16H,3-5,9-10H2,1-2H3. The quantitative estimate of drug-likeness (QED) is 0.687. The number of sulfonamides is 1. The SMILES string of the molecule is CSCCCCCNS(=O)(=O)c1cccc(C(C)O)c1. The maximum absolute atomic E-state index is 12.1. The average molecular weight is 317 g/mol. The van der Waals surface area contributed by atoms with Gasteiger partial charge in [0.05, 0.1) is 11.0 Å². The third-order valence-corrected chi connectivity index (χ3v) is 5.12. The number of benzene rings is 1. The summed E-state index contributed by atoms with van der Waals surface area (Å²) < 4.78 is 26.8. The van der Waals surface area contributed by atoms with Gasteiger partial charge in [-0.15, -0.1) is 0 Å². The largest absolute Gasteiger partial charge is 0.389 e. The van der Waals surface area contributed by atoms with Crippen molar-refractivity contribution in [1.29, 1.82) is 0 Å². The van der Waals surface area contributed by atoms with E-state index in [1.807, 2.05) is 0 Å². The fraction of sp³-hybridized carbons (Fsp3) is 0.571. The van der Waals surface area contributed by atoms with Gasteiger partial charge in [-0.3, -0.25) is 0 Å². The summed E-state index contributed by atoms with van der Waals surface area (Å²) in [6.07, 6.45) is 4.38. The van der Waals surface area contributed by atoms with Gasteiger partial charge in [0.2, 0.25) is 10.0 Å². The lowest BCUT2D eigenvalue weighted by Gasteiger charge is -2.09. The first kappa shape index (κ1) is 17.5. The van der Waals surface area contributed by atoms with Crippen LogP contribution < -0.4 is 4.72 Å². The summed E-state index contributed by atoms with van der Waals surface area (Å²) in [5.74, 6) is 1.11. The van der Waals surface area contributed by atoms with Gasteiger partial charge in [0.1, 0.15) is 0 Å². The van der Waals surface area contributed by atoms with Crippen LogP contribution in [0.4, 0.5) is 0 Å². The lowest BCUT2D eigenvalue weighted by molar-refractivity contribution is 0.199. The molecule has 1 aromatic rings. The van der Waals surface area contributed by atoms with E-state index in [0.29, 0.717) is 12.1 Å². The third-order valence-electron chi connectivity index (χ3n) is 2.97.